The Morgan fingerprint density at radius 3 is 2.71 bits per heavy atom. The van der Waals surface area contributed by atoms with Gasteiger partial charge in [0.05, 0.1) is 10.5 Å². The van der Waals surface area contributed by atoms with Gasteiger partial charge >= 0.3 is 0 Å². The van der Waals surface area contributed by atoms with Crippen LogP contribution in [0.5, 0.6) is 0 Å². The van der Waals surface area contributed by atoms with Gasteiger partial charge in [-0.1, -0.05) is 12.1 Å². The number of nitrogens with one attached hydrogen (secondary N) is 1. The molecule has 0 aliphatic heterocycles. The number of benzene rings is 1. The van der Waals surface area contributed by atoms with Crippen molar-refractivity contribution in [3.8, 4) is 0 Å². The highest BCUT2D eigenvalue weighted by molar-refractivity contribution is 7.90. The monoisotopic (exact) mass is 311 g/mol. The quantitative estimate of drug-likeness (QED) is 0.741. The van der Waals surface area contributed by atoms with E-state index < -0.39 is 9.84 Å². The molecule has 5 nitrogen and oxygen atoms in total. The zero-order valence-corrected chi connectivity index (χ0v) is 13.0. The van der Waals surface area contributed by atoms with Crippen LogP contribution in [0.15, 0.2) is 29.2 Å². The predicted molar refractivity (Wildman–Crippen MR) is 80.0 cm³/mol. The first-order valence-electron chi connectivity index (χ1n) is 7.13. The van der Waals surface area contributed by atoms with Gasteiger partial charge in [0.1, 0.15) is 0 Å². The molecule has 116 valence electrons. The summed E-state index contributed by atoms with van der Waals surface area (Å²) >= 11 is 0. The van der Waals surface area contributed by atoms with Gasteiger partial charge in [-0.05, 0) is 37.3 Å². The number of ether oxygens (including phenoxy) is 1. The molecular weight excluding hydrogens is 290 g/mol. The smallest absolute Gasteiger partial charge is 0.252 e. The number of hydrogen-bond donors (Lipinski definition) is 1. The van der Waals surface area contributed by atoms with Crippen molar-refractivity contribution in [1.29, 1.82) is 0 Å². The van der Waals surface area contributed by atoms with Crippen molar-refractivity contribution in [2.24, 2.45) is 5.92 Å². The molecule has 0 unspecified atom stereocenters. The minimum Gasteiger partial charge on any atom is -0.381 e. The maximum Gasteiger partial charge on any atom is 0.252 e. The van der Waals surface area contributed by atoms with Crippen molar-refractivity contribution in [1.82, 2.24) is 5.32 Å². The fourth-order valence-electron chi connectivity index (χ4n) is 1.98. The lowest BCUT2D eigenvalue weighted by atomic mass is 10.2. The first-order chi connectivity index (χ1) is 9.98. The maximum atomic E-state index is 12.0. The van der Waals surface area contributed by atoms with E-state index in [-0.39, 0.29) is 16.4 Å². The number of hydrogen-bond acceptors (Lipinski definition) is 4. The number of carbonyl (C=O) groups excluding carboxylic acids is 1. The van der Waals surface area contributed by atoms with Gasteiger partial charge in [-0.25, -0.2) is 8.42 Å². The van der Waals surface area contributed by atoms with Gasteiger partial charge in [0.25, 0.3) is 5.91 Å². The zero-order chi connectivity index (χ0) is 15.3. The van der Waals surface area contributed by atoms with E-state index in [1.807, 2.05) is 0 Å². The lowest BCUT2D eigenvalue weighted by molar-refractivity contribution is 0.0934. The molecule has 0 aromatic heterocycles. The number of carbonyl (C=O) groups is 1. The fourth-order valence-corrected chi connectivity index (χ4v) is 2.87. The molecule has 1 amide bonds. The van der Waals surface area contributed by atoms with Crippen LogP contribution in [0.2, 0.25) is 0 Å². The highest BCUT2D eigenvalue weighted by Crippen LogP contribution is 2.28. The van der Waals surface area contributed by atoms with Crippen LogP contribution in [0.4, 0.5) is 0 Å². The molecule has 0 atom stereocenters. The molecule has 21 heavy (non-hydrogen) atoms. The Morgan fingerprint density at radius 1 is 1.33 bits per heavy atom. The summed E-state index contributed by atoms with van der Waals surface area (Å²) in [5.41, 5.74) is 0.193. The fraction of sp³-hybridized carbons (Fsp3) is 0.533. The summed E-state index contributed by atoms with van der Waals surface area (Å²) in [5, 5.41) is 2.73. The van der Waals surface area contributed by atoms with Crippen LogP contribution in [-0.4, -0.2) is 40.3 Å². The topological polar surface area (TPSA) is 72.5 Å². The third-order valence-electron chi connectivity index (χ3n) is 3.33. The maximum absolute atomic E-state index is 12.0. The van der Waals surface area contributed by atoms with E-state index in [4.69, 9.17) is 4.74 Å². The molecule has 1 saturated carbocycles. The summed E-state index contributed by atoms with van der Waals surface area (Å²) in [4.78, 5) is 12.1. The summed E-state index contributed by atoms with van der Waals surface area (Å²) in [5.74, 6) is 0.374. The molecule has 1 aromatic carbocycles. The van der Waals surface area contributed by atoms with Crippen molar-refractivity contribution in [3.63, 3.8) is 0 Å². The third-order valence-corrected chi connectivity index (χ3v) is 4.49. The van der Waals surface area contributed by atoms with Gasteiger partial charge in [0.15, 0.2) is 9.84 Å². The van der Waals surface area contributed by atoms with Crippen LogP contribution >= 0.6 is 0 Å². The summed E-state index contributed by atoms with van der Waals surface area (Å²) in [7, 11) is -3.41. The molecule has 0 spiro atoms. The molecule has 1 aromatic rings. The molecule has 1 aliphatic rings. The summed E-state index contributed by atoms with van der Waals surface area (Å²) < 4.78 is 28.8. The molecule has 0 radical (unpaired) electrons. The summed E-state index contributed by atoms with van der Waals surface area (Å²) in [6, 6.07) is 6.24. The lowest BCUT2D eigenvalue weighted by Gasteiger charge is -2.09. The first-order valence-corrected chi connectivity index (χ1v) is 9.02. The summed E-state index contributed by atoms with van der Waals surface area (Å²) in [6.07, 6.45) is 4.35. The van der Waals surface area contributed by atoms with Crippen LogP contribution in [0.25, 0.3) is 0 Å². The third kappa shape index (κ3) is 5.13. The minimum atomic E-state index is -3.41. The lowest BCUT2D eigenvalue weighted by Crippen LogP contribution is -2.26. The molecule has 2 rings (SSSR count). The Bertz CT molecular complexity index is 593. The first kappa shape index (κ1) is 16.0. The number of amides is 1. The van der Waals surface area contributed by atoms with Crippen LogP contribution in [0.3, 0.4) is 0 Å². The molecular formula is C15H21NO4S. The van der Waals surface area contributed by atoms with Gasteiger partial charge in [-0.3, -0.25) is 4.79 Å². The van der Waals surface area contributed by atoms with E-state index in [9.17, 15) is 13.2 Å². The van der Waals surface area contributed by atoms with Crippen molar-refractivity contribution >= 4 is 15.7 Å². The van der Waals surface area contributed by atoms with E-state index in [1.54, 1.807) is 12.1 Å². The second kappa shape index (κ2) is 7.04. The summed E-state index contributed by atoms with van der Waals surface area (Å²) in [6.45, 7) is 1.90. The normalized spacial score (nSPS) is 14.9. The van der Waals surface area contributed by atoms with Crippen molar-refractivity contribution < 1.29 is 17.9 Å². The van der Waals surface area contributed by atoms with Crippen LogP contribution < -0.4 is 5.32 Å². The Morgan fingerprint density at radius 2 is 2.05 bits per heavy atom. The highest BCUT2D eigenvalue weighted by atomic mass is 32.2. The van der Waals surface area contributed by atoms with Gasteiger partial charge in [-0.2, -0.15) is 0 Å². The molecule has 0 heterocycles. The zero-order valence-electron chi connectivity index (χ0n) is 12.2. The molecule has 6 heteroatoms. The van der Waals surface area contributed by atoms with Crippen molar-refractivity contribution in [3.05, 3.63) is 29.8 Å². The van der Waals surface area contributed by atoms with Gasteiger partial charge in [0.2, 0.25) is 0 Å². The molecule has 0 saturated heterocycles. The average Bonchev–Trinajstić information content (AvgIpc) is 3.25. The van der Waals surface area contributed by atoms with Gasteiger partial charge < -0.3 is 10.1 Å². The number of rotatable bonds is 8. The van der Waals surface area contributed by atoms with E-state index in [0.29, 0.717) is 13.2 Å². The molecule has 1 aliphatic carbocycles. The Kier molecular flexibility index (Phi) is 5.36. The number of sulfone groups is 1. The highest BCUT2D eigenvalue weighted by Gasteiger charge is 2.21. The SMILES string of the molecule is CS(=O)(=O)c1ccccc1C(=O)NCCCOCC1CC1. The van der Waals surface area contributed by atoms with E-state index in [1.165, 1.54) is 25.0 Å². The van der Waals surface area contributed by atoms with Crippen LogP contribution in [-0.2, 0) is 14.6 Å². The predicted octanol–water partition coefficient (Wildman–Crippen LogP) is 1.64. The van der Waals surface area contributed by atoms with Crippen molar-refractivity contribution in [2.45, 2.75) is 24.2 Å². The van der Waals surface area contributed by atoms with Crippen LogP contribution in [0, 0.1) is 5.92 Å². The minimum absolute atomic E-state index is 0.0625. The van der Waals surface area contributed by atoms with E-state index >= 15 is 0 Å². The van der Waals surface area contributed by atoms with Crippen molar-refractivity contribution in [2.75, 3.05) is 26.0 Å². The average molecular weight is 311 g/mol. The Labute approximate surface area is 125 Å². The second-order valence-corrected chi connectivity index (χ2v) is 7.38. The second-order valence-electron chi connectivity index (χ2n) is 5.40. The largest absolute Gasteiger partial charge is 0.381 e. The Balaban J connectivity index is 1.80. The standard InChI is InChI=1S/C15H21NO4S/c1-21(18,19)14-6-3-2-5-13(14)15(17)16-9-4-10-20-11-12-7-8-12/h2-3,5-6,12H,4,7-11H2,1H3,(H,16,17). The molecule has 1 N–H and O–H groups in total. The van der Waals surface area contributed by atoms with Gasteiger partial charge in [0, 0.05) is 26.0 Å². The van der Waals surface area contributed by atoms with E-state index in [2.05, 4.69) is 5.32 Å². The molecule has 0 bridgehead atoms. The van der Waals surface area contributed by atoms with E-state index in [0.717, 1.165) is 25.2 Å². The van der Waals surface area contributed by atoms with Crippen LogP contribution in [0.1, 0.15) is 29.6 Å². The Hall–Kier alpha value is -1.40. The molecule has 1 fully saturated rings. The van der Waals surface area contributed by atoms with Gasteiger partial charge in [-0.15, -0.1) is 0 Å².